The van der Waals surface area contributed by atoms with Crippen molar-refractivity contribution in [2.24, 2.45) is 11.5 Å². The van der Waals surface area contributed by atoms with Gasteiger partial charge in [0, 0.05) is 24.5 Å². The van der Waals surface area contributed by atoms with E-state index in [0.29, 0.717) is 0 Å². The molecule has 0 bridgehead atoms. The fourth-order valence-corrected chi connectivity index (χ4v) is 1.15. The molecule has 1 rings (SSSR count). The largest absolute Gasteiger partial charge is 0.328 e. The van der Waals surface area contributed by atoms with Crippen LogP contribution in [0.3, 0.4) is 0 Å². The van der Waals surface area contributed by atoms with E-state index in [1.165, 1.54) is 0 Å². The van der Waals surface area contributed by atoms with E-state index in [2.05, 4.69) is 4.98 Å². The van der Waals surface area contributed by atoms with E-state index in [0.717, 1.165) is 12.0 Å². The van der Waals surface area contributed by atoms with Crippen LogP contribution in [0.2, 0.25) is 0 Å². The summed E-state index contributed by atoms with van der Waals surface area (Å²) in [4.78, 5) is 3.92. The van der Waals surface area contributed by atoms with Gasteiger partial charge in [-0.05, 0) is 31.0 Å². The van der Waals surface area contributed by atoms with Crippen LogP contribution >= 0.6 is 0 Å². The third-order valence-electron chi connectivity index (χ3n) is 1.76. The molecular formula is C9H15N3. The van der Waals surface area contributed by atoms with Gasteiger partial charge in [-0.2, -0.15) is 0 Å². The minimum Gasteiger partial charge on any atom is -0.328 e. The number of hydrogen-bond acceptors (Lipinski definition) is 3. The van der Waals surface area contributed by atoms with E-state index < -0.39 is 0 Å². The van der Waals surface area contributed by atoms with E-state index >= 15 is 0 Å². The van der Waals surface area contributed by atoms with Gasteiger partial charge in [0.05, 0.1) is 0 Å². The first-order valence-electron chi connectivity index (χ1n) is 4.11. The van der Waals surface area contributed by atoms with Crippen LogP contribution in [0.25, 0.3) is 0 Å². The summed E-state index contributed by atoms with van der Waals surface area (Å²) < 4.78 is 0. The zero-order chi connectivity index (χ0) is 8.97. The fourth-order valence-electron chi connectivity index (χ4n) is 1.15. The molecule has 1 heterocycles. The number of rotatable bonds is 3. The highest BCUT2D eigenvalue weighted by Gasteiger charge is 2.06. The molecule has 0 aromatic carbocycles. The van der Waals surface area contributed by atoms with Crippen molar-refractivity contribution in [2.75, 3.05) is 0 Å². The summed E-state index contributed by atoms with van der Waals surface area (Å²) in [5.41, 5.74) is 12.6. The molecular weight excluding hydrogens is 150 g/mol. The summed E-state index contributed by atoms with van der Waals surface area (Å²) in [5, 5.41) is 0. The fraction of sp³-hybridized carbons (Fsp3) is 0.444. The molecule has 0 saturated carbocycles. The summed E-state index contributed by atoms with van der Waals surface area (Å²) in [6, 6.07) is 4.03. The summed E-state index contributed by atoms with van der Waals surface area (Å²) in [6.07, 6.45) is 4.30. The predicted molar refractivity (Wildman–Crippen MR) is 49.4 cm³/mol. The number of aromatic nitrogens is 1. The molecule has 0 aliphatic heterocycles. The maximum absolute atomic E-state index is 5.89. The van der Waals surface area contributed by atoms with Crippen molar-refractivity contribution in [3.8, 4) is 0 Å². The highest BCUT2D eigenvalue weighted by atomic mass is 14.7. The molecule has 12 heavy (non-hydrogen) atoms. The van der Waals surface area contributed by atoms with Crippen LogP contribution in [0.15, 0.2) is 24.5 Å². The van der Waals surface area contributed by atoms with Gasteiger partial charge in [-0.1, -0.05) is 0 Å². The molecule has 0 radical (unpaired) electrons. The van der Waals surface area contributed by atoms with Crippen molar-refractivity contribution in [1.82, 2.24) is 4.98 Å². The summed E-state index contributed by atoms with van der Waals surface area (Å²) in [5.74, 6) is 0. The Morgan fingerprint density at radius 2 is 1.92 bits per heavy atom. The lowest BCUT2D eigenvalue weighted by molar-refractivity contribution is 0.568. The van der Waals surface area contributed by atoms with Crippen LogP contribution in [0.4, 0.5) is 0 Å². The van der Waals surface area contributed by atoms with E-state index in [1.807, 2.05) is 19.1 Å². The van der Waals surface area contributed by atoms with Crippen molar-refractivity contribution in [3.05, 3.63) is 30.1 Å². The third-order valence-corrected chi connectivity index (χ3v) is 1.76. The van der Waals surface area contributed by atoms with Gasteiger partial charge in [0.15, 0.2) is 0 Å². The molecule has 3 nitrogen and oxygen atoms in total. The molecule has 1 aromatic heterocycles. The summed E-state index contributed by atoms with van der Waals surface area (Å²) in [6.45, 7) is 1.96. The summed E-state index contributed by atoms with van der Waals surface area (Å²) in [7, 11) is 0. The molecule has 0 spiro atoms. The first kappa shape index (κ1) is 9.16. The van der Waals surface area contributed by atoms with Crippen LogP contribution in [-0.4, -0.2) is 11.0 Å². The highest BCUT2D eigenvalue weighted by molar-refractivity contribution is 5.14. The normalized spacial score (nSPS) is 15.6. The van der Waals surface area contributed by atoms with E-state index in [9.17, 15) is 0 Å². The van der Waals surface area contributed by atoms with Gasteiger partial charge >= 0.3 is 0 Å². The van der Waals surface area contributed by atoms with E-state index in [4.69, 9.17) is 11.5 Å². The van der Waals surface area contributed by atoms with Gasteiger partial charge in [0.25, 0.3) is 0 Å². The molecule has 0 aliphatic rings. The first-order valence-corrected chi connectivity index (χ1v) is 4.11. The second kappa shape index (κ2) is 4.18. The van der Waals surface area contributed by atoms with Gasteiger partial charge in [0.2, 0.25) is 0 Å². The third kappa shape index (κ3) is 2.60. The van der Waals surface area contributed by atoms with Crippen molar-refractivity contribution < 1.29 is 0 Å². The molecule has 0 aliphatic carbocycles. The van der Waals surface area contributed by atoms with E-state index in [-0.39, 0.29) is 12.1 Å². The second-order valence-electron chi connectivity index (χ2n) is 3.10. The minimum atomic E-state index is 0.0352. The van der Waals surface area contributed by atoms with Crippen LogP contribution in [0.5, 0.6) is 0 Å². The number of hydrogen-bond donors (Lipinski definition) is 2. The average molecular weight is 165 g/mol. The average Bonchev–Trinajstić information content (AvgIpc) is 2.05. The predicted octanol–water partition coefficient (Wildman–Crippen LogP) is 0.819. The lowest BCUT2D eigenvalue weighted by Gasteiger charge is -2.13. The zero-order valence-electron chi connectivity index (χ0n) is 7.27. The van der Waals surface area contributed by atoms with Gasteiger partial charge in [-0.25, -0.2) is 0 Å². The minimum absolute atomic E-state index is 0.0352. The lowest BCUT2D eigenvalue weighted by Crippen LogP contribution is -2.23. The molecule has 0 amide bonds. The Labute approximate surface area is 72.8 Å². The molecule has 4 N–H and O–H groups in total. The Morgan fingerprint density at radius 1 is 1.33 bits per heavy atom. The standard InChI is InChI=1S/C9H15N3/c1-7(10)6-9(11)8-2-4-12-5-3-8/h2-5,7,9H,6,10-11H2,1H3. The molecule has 2 unspecified atom stereocenters. The maximum atomic E-state index is 5.89. The van der Waals surface area contributed by atoms with Crippen LogP contribution < -0.4 is 11.5 Å². The lowest BCUT2D eigenvalue weighted by atomic mass is 10.0. The highest BCUT2D eigenvalue weighted by Crippen LogP contribution is 2.13. The second-order valence-corrected chi connectivity index (χ2v) is 3.10. The van der Waals surface area contributed by atoms with Gasteiger partial charge in [-0.3, -0.25) is 4.98 Å². The van der Waals surface area contributed by atoms with Crippen LogP contribution in [-0.2, 0) is 0 Å². The van der Waals surface area contributed by atoms with Crippen molar-refractivity contribution >= 4 is 0 Å². The molecule has 1 aromatic rings. The Kier molecular flexibility index (Phi) is 3.19. The molecule has 0 fully saturated rings. The van der Waals surface area contributed by atoms with Crippen molar-refractivity contribution in [3.63, 3.8) is 0 Å². The number of nitrogens with two attached hydrogens (primary N) is 2. The van der Waals surface area contributed by atoms with Crippen molar-refractivity contribution in [1.29, 1.82) is 0 Å². The van der Waals surface area contributed by atoms with Crippen LogP contribution in [0.1, 0.15) is 24.9 Å². The molecule has 3 heteroatoms. The zero-order valence-corrected chi connectivity index (χ0v) is 7.27. The topological polar surface area (TPSA) is 64.9 Å². The maximum Gasteiger partial charge on any atom is 0.0310 e. The van der Waals surface area contributed by atoms with Crippen molar-refractivity contribution in [2.45, 2.75) is 25.4 Å². The monoisotopic (exact) mass is 165 g/mol. The Bertz CT molecular complexity index is 220. The summed E-state index contributed by atoms with van der Waals surface area (Å²) >= 11 is 0. The van der Waals surface area contributed by atoms with Crippen LogP contribution in [0, 0.1) is 0 Å². The Hall–Kier alpha value is -0.930. The number of nitrogens with zero attached hydrogens (tertiary/aromatic N) is 1. The van der Waals surface area contributed by atoms with Gasteiger partial charge in [-0.15, -0.1) is 0 Å². The first-order chi connectivity index (χ1) is 5.70. The molecule has 2 atom stereocenters. The van der Waals surface area contributed by atoms with Gasteiger partial charge < -0.3 is 11.5 Å². The van der Waals surface area contributed by atoms with E-state index in [1.54, 1.807) is 12.4 Å². The van der Waals surface area contributed by atoms with Gasteiger partial charge in [0.1, 0.15) is 0 Å². The molecule has 0 saturated heterocycles. The quantitative estimate of drug-likeness (QED) is 0.697. The Morgan fingerprint density at radius 3 is 2.42 bits per heavy atom. The SMILES string of the molecule is CC(N)CC(N)c1ccncc1. The smallest absolute Gasteiger partial charge is 0.0310 e. The number of pyridine rings is 1. The molecule has 66 valence electrons. The Balaban J connectivity index is 2.59.